The van der Waals surface area contributed by atoms with Gasteiger partial charge < -0.3 is 20.9 Å². The number of rotatable bonds is 4. The summed E-state index contributed by atoms with van der Waals surface area (Å²) in [6.07, 6.45) is 1.79. The number of hydrogen-bond acceptors (Lipinski definition) is 3. The van der Waals surface area contributed by atoms with Crippen LogP contribution < -0.4 is 16.0 Å². The Bertz CT molecular complexity index is 706. The zero-order valence-corrected chi connectivity index (χ0v) is 12.4. The molecule has 0 spiro atoms. The van der Waals surface area contributed by atoms with Crippen LogP contribution in [0.25, 0.3) is 10.9 Å². The average molecular weight is 302 g/mol. The molecule has 7 nitrogen and oxygen atoms in total. The number of carbonyl (C=O) groups excluding carboxylic acids is 3. The number of anilines is 1. The van der Waals surface area contributed by atoms with Gasteiger partial charge in [-0.05, 0) is 38.1 Å². The first kappa shape index (κ1) is 15.6. The Kier molecular flexibility index (Phi) is 4.77. The van der Waals surface area contributed by atoms with Crippen molar-refractivity contribution < 1.29 is 14.4 Å². The van der Waals surface area contributed by atoms with Gasteiger partial charge in [0, 0.05) is 28.8 Å². The van der Waals surface area contributed by atoms with E-state index in [1.165, 1.54) is 0 Å². The van der Waals surface area contributed by atoms with Gasteiger partial charge in [-0.3, -0.25) is 14.4 Å². The van der Waals surface area contributed by atoms with E-state index >= 15 is 0 Å². The molecule has 0 aliphatic carbocycles. The second-order valence-electron chi connectivity index (χ2n) is 5.14. The Morgan fingerprint density at radius 1 is 1.14 bits per heavy atom. The molecule has 0 atom stereocenters. The zero-order chi connectivity index (χ0) is 16.1. The maximum Gasteiger partial charge on any atom is 0.313 e. The monoisotopic (exact) mass is 302 g/mol. The van der Waals surface area contributed by atoms with Crippen molar-refractivity contribution in [2.45, 2.75) is 19.9 Å². The van der Waals surface area contributed by atoms with Crippen molar-refractivity contribution in [3.05, 3.63) is 30.5 Å². The van der Waals surface area contributed by atoms with Gasteiger partial charge in [-0.25, -0.2) is 0 Å². The Hall–Kier alpha value is -2.83. The molecule has 3 amide bonds. The minimum Gasteiger partial charge on any atom is -0.361 e. The lowest BCUT2D eigenvalue weighted by Gasteiger charge is -2.09. The lowest BCUT2D eigenvalue weighted by atomic mass is 10.2. The van der Waals surface area contributed by atoms with Crippen LogP contribution in [0, 0.1) is 0 Å². The lowest BCUT2D eigenvalue weighted by Crippen LogP contribution is -2.43. The van der Waals surface area contributed by atoms with E-state index in [-0.39, 0.29) is 18.5 Å². The maximum absolute atomic E-state index is 11.8. The van der Waals surface area contributed by atoms with Crippen molar-refractivity contribution in [2.75, 3.05) is 11.9 Å². The molecule has 0 bridgehead atoms. The second kappa shape index (κ2) is 6.75. The summed E-state index contributed by atoms with van der Waals surface area (Å²) in [5.41, 5.74) is 1.45. The lowest BCUT2D eigenvalue weighted by molar-refractivity contribution is -0.136. The van der Waals surface area contributed by atoms with Gasteiger partial charge in [-0.2, -0.15) is 0 Å². The highest BCUT2D eigenvalue weighted by Gasteiger charge is 2.15. The molecule has 22 heavy (non-hydrogen) atoms. The molecule has 1 heterocycles. The predicted molar refractivity (Wildman–Crippen MR) is 83.2 cm³/mol. The standard InChI is InChI=1S/C15H18N4O3/c1-9(2)18-13(20)8-17-14(21)15(22)19-11-3-4-12-10(7-11)5-6-16-12/h3-7,9,16H,8H2,1-2H3,(H,17,21)(H,18,20)(H,19,22). The predicted octanol–water partition coefficient (Wildman–Crippen LogP) is 0.747. The van der Waals surface area contributed by atoms with Crippen LogP contribution in [0.2, 0.25) is 0 Å². The summed E-state index contributed by atoms with van der Waals surface area (Å²) in [5, 5.41) is 8.30. The minimum absolute atomic E-state index is 0.0219. The maximum atomic E-state index is 11.8. The first-order valence-corrected chi connectivity index (χ1v) is 6.91. The van der Waals surface area contributed by atoms with Gasteiger partial charge in [-0.15, -0.1) is 0 Å². The van der Waals surface area contributed by atoms with E-state index < -0.39 is 11.8 Å². The number of carbonyl (C=O) groups is 3. The van der Waals surface area contributed by atoms with E-state index in [2.05, 4.69) is 20.9 Å². The fraction of sp³-hybridized carbons (Fsp3) is 0.267. The third-order valence-electron chi connectivity index (χ3n) is 2.88. The largest absolute Gasteiger partial charge is 0.361 e. The Labute approximate surface area is 127 Å². The summed E-state index contributed by atoms with van der Waals surface area (Å²) in [7, 11) is 0. The highest BCUT2D eigenvalue weighted by Crippen LogP contribution is 2.17. The van der Waals surface area contributed by atoms with Crippen molar-refractivity contribution in [3.8, 4) is 0 Å². The average Bonchev–Trinajstić information content (AvgIpc) is 2.91. The molecule has 0 saturated carbocycles. The molecule has 2 rings (SSSR count). The summed E-state index contributed by atoms with van der Waals surface area (Å²) in [6, 6.07) is 7.09. The van der Waals surface area contributed by atoms with Gasteiger partial charge in [0.2, 0.25) is 5.91 Å². The molecular weight excluding hydrogens is 284 g/mol. The molecule has 0 fully saturated rings. The second-order valence-corrected chi connectivity index (χ2v) is 5.14. The molecule has 7 heteroatoms. The number of hydrogen-bond donors (Lipinski definition) is 4. The van der Waals surface area contributed by atoms with Crippen molar-refractivity contribution in [2.24, 2.45) is 0 Å². The summed E-state index contributed by atoms with van der Waals surface area (Å²) >= 11 is 0. The van der Waals surface area contributed by atoms with Gasteiger partial charge >= 0.3 is 11.8 Å². The van der Waals surface area contributed by atoms with Crippen molar-refractivity contribution in [1.82, 2.24) is 15.6 Å². The van der Waals surface area contributed by atoms with Gasteiger partial charge in [-0.1, -0.05) is 0 Å². The number of aromatic nitrogens is 1. The van der Waals surface area contributed by atoms with Crippen molar-refractivity contribution in [3.63, 3.8) is 0 Å². The van der Waals surface area contributed by atoms with Crippen LogP contribution in [0.1, 0.15) is 13.8 Å². The molecule has 1 aromatic carbocycles. The van der Waals surface area contributed by atoms with Crippen LogP contribution in [0.4, 0.5) is 5.69 Å². The summed E-state index contributed by atoms with van der Waals surface area (Å²) < 4.78 is 0. The van der Waals surface area contributed by atoms with Crippen LogP contribution in [0.5, 0.6) is 0 Å². The van der Waals surface area contributed by atoms with Crippen LogP contribution in [0.3, 0.4) is 0 Å². The van der Waals surface area contributed by atoms with Crippen LogP contribution in [-0.2, 0) is 14.4 Å². The molecule has 2 aromatic rings. The van der Waals surface area contributed by atoms with Crippen LogP contribution in [0.15, 0.2) is 30.5 Å². The Morgan fingerprint density at radius 3 is 2.64 bits per heavy atom. The molecule has 0 radical (unpaired) electrons. The first-order valence-electron chi connectivity index (χ1n) is 6.91. The Morgan fingerprint density at radius 2 is 1.91 bits per heavy atom. The van der Waals surface area contributed by atoms with Gasteiger partial charge in [0.15, 0.2) is 0 Å². The molecule has 0 unspecified atom stereocenters. The quantitative estimate of drug-likeness (QED) is 0.626. The third kappa shape index (κ3) is 4.08. The molecule has 0 saturated heterocycles. The van der Waals surface area contributed by atoms with E-state index in [0.29, 0.717) is 5.69 Å². The molecular formula is C15H18N4O3. The highest BCUT2D eigenvalue weighted by atomic mass is 16.2. The van der Waals surface area contributed by atoms with E-state index in [1.807, 2.05) is 19.9 Å². The molecule has 4 N–H and O–H groups in total. The zero-order valence-electron chi connectivity index (χ0n) is 12.4. The van der Waals surface area contributed by atoms with Gasteiger partial charge in [0.1, 0.15) is 0 Å². The number of amides is 3. The topological polar surface area (TPSA) is 103 Å². The number of aromatic amines is 1. The normalized spacial score (nSPS) is 10.5. The van der Waals surface area contributed by atoms with Crippen LogP contribution >= 0.6 is 0 Å². The van der Waals surface area contributed by atoms with Crippen molar-refractivity contribution >= 4 is 34.3 Å². The minimum atomic E-state index is -0.854. The molecule has 0 aliphatic rings. The fourth-order valence-electron chi connectivity index (χ4n) is 1.93. The number of H-pyrrole nitrogens is 1. The molecule has 1 aromatic heterocycles. The third-order valence-corrected chi connectivity index (χ3v) is 2.88. The summed E-state index contributed by atoms with van der Waals surface area (Å²) in [5.74, 6) is -2.01. The fourth-order valence-corrected chi connectivity index (χ4v) is 1.93. The van der Waals surface area contributed by atoms with Gasteiger partial charge in [0.25, 0.3) is 0 Å². The number of fused-ring (bicyclic) bond motifs is 1. The summed E-state index contributed by atoms with van der Waals surface area (Å²) in [6.45, 7) is 3.38. The number of benzene rings is 1. The molecule has 0 aliphatic heterocycles. The van der Waals surface area contributed by atoms with E-state index in [1.54, 1.807) is 24.4 Å². The van der Waals surface area contributed by atoms with Crippen molar-refractivity contribution in [1.29, 1.82) is 0 Å². The smallest absolute Gasteiger partial charge is 0.313 e. The first-order chi connectivity index (χ1) is 10.5. The van der Waals surface area contributed by atoms with E-state index in [0.717, 1.165) is 10.9 Å². The highest BCUT2D eigenvalue weighted by molar-refractivity contribution is 6.39. The van der Waals surface area contributed by atoms with E-state index in [4.69, 9.17) is 0 Å². The number of nitrogens with one attached hydrogen (secondary N) is 4. The van der Waals surface area contributed by atoms with Gasteiger partial charge in [0.05, 0.1) is 6.54 Å². The molecule has 116 valence electrons. The Balaban J connectivity index is 1.88. The van der Waals surface area contributed by atoms with E-state index in [9.17, 15) is 14.4 Å². The SMILES string of the molecule is CC(C)NC(=O)CNC(=O)C(=O)Nc1ccc2[nH]ccc2c1. The summed E-state index contributed by atoms with van der Waals surface area (Å²) in [4.78, 5) is 37.8. The van der Waals surface area contributed by atoms with Crippen LogP contribution in [-0.4, -0.2) is 35.3 Å².